The van der Waals surface area contributed by atoms with Crippen LogP contribution >= 0.6 is 0 Å². The Labute approximate surface area is 212 Å². The quantitative estimate of drug-likeness (QED) is 0.572. The number of hydrogen-bond acceptors (Lipinski definition) is 8. The average Bonchev–Trinajstić information content (AvgIpc) is 3.15. The molecular formula is C27H37NO8. The fourth-order valence-electron chi connectivity index (χ4n) is 3.83. The molecule has 198 valence electrons. The molecule has 0 saturated heterocycles. The van der Waals surface area contributed by atoms with Gasteiger partial charge in [-0.2, -0.15) is 0 Å². The summed E-state index contributed by atoms with van der Waals surface area (Å²) in [6.07, 6.45) is 1.08. The molecule has 0 saturated carbocycles. The van der Waals surface area contributed by atoms with Crippen LogP contribution in [0.1, 0.15) is 67.1 Å². The van der Waals surface area contributed by atoms with Gasteiger partial charge in [0.1, 0.15) is 0 Å². The lowest BCUT2D eigenvalue weighted by Crippen LogP contribution is -2.50. The van der Waals surface area contributed by atoms with Gasteiger partial charge in [-0.25, -0.2) is 9.59 Å². The summed E-state index contributed by atoms with van der Waals surface area (Å²) in [5, 5.41) is 0. The molecule has 2 aromatic rings. The van der Waals surface area contributed by atoms with Crippen LogP contribution in [0.4, 0.5) is 0 Å². The number of fused-ring (bicyclic) bond motifs is 1. The van der Waals surface area contributed by atoms with Crippen LogP contribution < -0.4 is 9.47 Å². The van der Waals surface area contributed by atoms with Gasteiger partial charge in [0.05, 0.1) is 51.8 Å². The first-order valence-electron chi connectivity index (χ1n) is 12.1. The smallest absolute Gasteiger partial charge is 0.358 e. The van der Waals surface area contributed by atoms with Gasteiger partial charge < -0.3 is 33.0 Å². The van der Waals surface area contributed by atoms with E-state index in [0.717, 1.165) is 5.56 Å². The van der Waals surface area contributed by atoms with E-state index in [1.807, 2.05) is 58.0 Å². The highest BCUT2D eigenvalue weighted by Crippen LogP contribution is 2.40. The van der Waals surface area contributed by atoms with Crippen LogP contribution in [0.3, 0.4) is 0 Å². The molecule has 0 radical (unpaired) electrons. The normalized spacial score (nSPS) is 18.1. The molecule has 0 bridgehead atoms. The van der Waals surface area contributed by atoms with Gasteiger partial charge in [0.25, 0.3) is 0 Å². The van der Waals surface area contributed by atoms with Crippen LogP contribution in [0.15, 0.2) is 30.3 Å². The van der Waals surface area contributed by atoms with Crippen LogP contribution in [0, 0.1) is 0 Å². The number of ether oxygens (including phenoxy) is 6. The molecule has 36 heavy (non-hydrogen) atoms. The molecule has 2 heterocycles. The summed E-state index contributed by atoms with van der Waals surface area (Å²) in [7, 11) is 2.57. The fraction of sp³-hybridized carbons (Fsp3) is 0.556. The Hall–Kier alpha value is -3.04. The predicted octanol–water partition coefficient (Wildman–Crippen LogP) is 4.25. The number of carbonyl (C=O) groups excluding carboxylic acids is 2. The maximum absolute atomic E-state index is 13.0. The summed E-state index contributed by atoms with van der Waals surface area (Å²) in [4.78, 5) is 26.0. The second-order valence-corrected chi connectivity index (χ2v) is 9.53. The lowest BCUT2D eigenvalue weighted by Gasteiger charge is -2.41. The minimum atomic E-state index is -0.649. The van der Waals surface area contributed by atoms with Crippen LogP contribution in [0.2, 0.25) is 0 Å². The van der Waals surface area contributed by atoms with Crippen LogP contribution in [-0.4, -0.2) is 68.4 Å². The molecular weight excluding hydrogens is 466 g/mol. The average molecular weight is 504 g/mol. The number of aromatic nitrogens is 1. The van der Waals surface area contributed by atoms with Crippen molar-refractivity contribution in [1.29, 1.82) is 0 Å². The largest absolute Gasteiger partial charge is 0.487 e. The van der Waals surface area contributed by atoms with Crippen molar-refractivity contribution in [2.75, 3.05) is 40.6 Å². The van der Waals surface area contributed by atoms with E-state index in [1.165, 1.54) is 18.8 Å². The van der Waals surface area contributed by atoms with E-state index in [0.29, 0.717) is 26.1 Å². The zero-order valence-corrected chi connectivity index (χ0v) is 22.0. The van der Waals surface area contributed by atoms with Crippen molar-refractivity contribution in [3.05, 3.63) is 47.3 Å². The highest BCUT2D eigenvalue weighted by atomic mass is 16.6. The maximum atomic E-state index is 13.0. The Morgan fingerprint density at radius 1 is 0.778 bits per heavy atom. The summed E-state index contributed by atoms with van der Waals surface area (Å²) < 4.78 is 36.1. The van der Waals surface area contributed by atoms with E-state index in [9.17, 15) is 9.59 Å². The van der Waals surface area contributed by atoms with E-state index in [2.05, 4.69) is 0 Å². The van der Waals surface area contributed by atoms with Crippen LogP contribution in [-0.2, 0) is 25.5 Å². The van der Waals surface area contributed by atoms with Crippen LogP contribution in [0.25, 0.3) is 0 Å². The number of esters is 2. The second-order valence-electron chi connectivity index (χ2n) is 9.53. The number of nitrogens with zero attached hydrogens (tertiary/aromatic N) is 1. The number of benzene rings is 1. The van der Waals surface area contributed by atoms with Gasteiger partial charge in [-0.15, -0.1) is 0 Å². The van der Waals surface area contributed by atoms with E-state index in [-0.39, 0.29) is 42.6 Å². The molecule has 0 atom stereocenters. The van der Waals surface area contributed by atoms with E-state index >= 15 is 0 Å². The molecule has 1 aliphatic heterocycles. The minimum Gasteiger partial charge on any atom is -0.487 e. The monoisotopic (exact) mass is 503 g/mol. The maximum Gasteiger partial charge on any atom is 0.358 e. The van der Waals surface area contributed by atoms with Crippen molar-refractivity contribution in [3.8, 4) is 11.5 Å². The molecule has 0 aliphatic carbocycles. The molecule has 3 rings (SSSR count). The Morgan fingerprint density at radius 3 is 1.64 bits per heavy atom. The van der Waals surface area contributed by atoms with Crippen molar-refractivity contribution < 1.29 is 38.0 Å². The molecule has 9 nitrogen and oxygen atoms in total. The molecule has 1 aliphatic rings. The summed E-state index contributed by atoms with van der Waals surface area (Å²) >= 11 is 0. The Bertz CT molecular complexity index is 980. The lowest BCUT2D eigenvalue weighted by atomic mass is 9.89. The lowest BCUT2D eigenvalue weighted by molar-refractivity contribution is -0.178. The zero-order valence-electron chi connectivity index (χ0n) is 22.0. The van der Waals surface area contributed by atoms with Crippen molar-refractivity contribution in [1.82, 2.24) is 4.57 Å². The Kier molecular flexibility index (Phi) is 9.03. The van der Waals surface area contributed by atoms with Gasteiger partial charge in [-0.1, -0.05) is 30.3 Å². The van der Waals surface area contributed by atoms with Gasteiger partial charge in [0, 0.05) is 19.4 Å². The fourth-order valence-corrected chi connectivity index (χ4v) is 3.83. The summed E-state index contributed by atoms with van der Waals surface area (Å²) in [5.41, 5.74) is -0.0163. The SMILES string of the molecule is COC(=O)c1c2c(c(C(=O)OC)n1Cc1ccccc1)OCCCOC(C)(C)C(C)(C)OCCCO2. The van der Waals surface area contributed by atoms with E-state index in [4.69, 9.17) is 28.4 Å². The van der Waals surface area contributed by atoms with Crippen molar-refractivity contribution in [2.45, 2.75) is 58.3 Å². The van der Waals surface area contributed by atoms with Gasteiger partial charge in [-0.05, 0) is 33.3 Å². The third kappa shape index (κ3) is 6.02. The molecule has 0 N–H and O–H groups in total. The van der Waals surface area contributed by atoms with Gasteiger partial charge >= 0.3 is 11.9 Å². The van der Waals surface area contributed by atoms with Crippen molar-refractivity contribution in [3.63, 3.8) is 0 Å². The molecule has 0 amide bonds. The Balaban J connectivity index is 2.06. The molecule has 0 fully saturated rings. The number of hydrogen-bond donors (Lipinski definition) is 0. The number of carbonyl (C=O) groups is 2. The topological polar surface area (TPSA) is 94.5 Å². The minimum absolute atomic E-state index is 0.0856. The molecule has 0 unspecified atom stereocenters. The first-order chi connectivity index (χ1) is 17.1. The summed E-state index contributed by atoms with van der Waals surface area (Å²) in [5.74, 6) is -1.000. The highest BCUT2D eigenvalue weighted by Gasteiger charge is 2.39. The number of rotatable bonds is 4. The number of methoxy groups -OCH3 is 2. The molecule has 1 aromatic heterocycles. The van der Waals surface area contributed by atoms with E-state index in [1.54, 1.807) is 0 Å². The summed E-state index contributed by atoms with van der Waals surface area (Å²) in [6, 6.07) is 9.46. The molecule has 0 spiro atoms. The van der Waals surface area contributed by atoms with Gasteiger partial charge in [0.15, 0.2) is 22.9 Å². The predicted molar refractivity (Wildman–Crippen MR) is 133 cm³/mol. The second kappa shape index (κ2) is 11.8. The van der Waals surface area contributed by atoms with Crippen molar-refractivity contribution >= 4 is 11.9 Å². The molecule has 9 heteroatoms. The highest BCUT2D eigenvalue weighted by molar-refractivity contribution is 5.99. The van der Waals surface area contributed by atoms with Gasteiger partial charge in [-0.3, -0.25) is 0 Å². The van der Waals surface area contributed by atoms with E-state index < -0.39 is 23.1 Å². The summed E-state index contributed by atoms with van der Waals surface area (Å²) in [6.45, 7) is 9.49. The van der Waals surface area contributed by atoms with Gasteiger partial charge in [0.2, 0.25) is 0 Å². The van der Waals surface area contributed by atoms with Crippen molar-refractivity contribution in [2.24, 2.45) is 0 Å². The third-order valence-electron chi connectivity index (χ3n) is 6.56. The van der Waals surface area contributed by atoms with Crippen LogP contribution in [0.5, 0.6) is 11.5 Å². The standard InChI is InChI=1S/C27H37NO8/c1-26(2)27(3,4)36-17-11-15-34-23-21(25(30)32-6)28(18-19-12-8-7-9-13-19)20(24(29)31-5)22(23)33-14-10-16-35-26/h7-9,12-13H,10-11,14-18H2,1-6H3. The first kappa shape index (κ1) is 27.5. The zero-order chi connectivity index (χ0) is 26.3. The first-order valence-corrected chi connectivity index (χ1v) is 12.1. The Morgan fingerprint density at radius 2 is 1.22 bits per heavy atom. The molecule has 1 aromatic carbocycles. The third-order valence-corrected chi connectivity index (χ3v) is 6.56.